The molecule has 2 atom stereocenters. The van der Waals surface area contributed by atoms with Gasteiger partial charge in [0.25, 0.3) is 5.69 Å². The third-order valence-electron chi connectivity index (χ3n) is 4.34. The van der Waals surface area contributed by atoms with Gasteiger partial charge in [-0.25, -0.2) is 0 Å². The van der Waals surface area contributed by atoms with Crippen LogP contribution in [0.5, 0.6) is 5.75 Å². The minimum absolute atomic E-state index is 0. The summed E-state index contributed by atoms with van der Waals surface area (Å²) in [5.74, 6) is 0.396. The van der Waals surface area contributed by atoms with Crippen LogP contribution >= 0.6 is 40.7 Å². The Morgan fingerprint density at radius 2 is 1.96 bits per heavy atom. The van der Waals surface area contributed by atoms with Crippen molar-refractivity contribution in [2.45, 2.75) is 26.3 Å². The predicted octanol–water partition coefficient (Wildman–Crippen LogP) is 3.90. The van der Waals surface area contributed by atoms with Gasteiger partial charge in [-0.05, 0) is 21.8 Å². The highest BCUT2D eigenvalue weighted by atomic mass is 79.9. The van der Waals surface area contributed by atoms with Crippen molar-refractivity contribution < 1.29 is 10.0 Å². The van der Waals surface area contributed by atoms with Crippen molar-refractivity contribution >= 4 is 46.4 Å². The molecule has 0 aromatic heterocycles. The van der Waals surface area contributed by atoms with E-state index in [0.717, 1.165) is 32.6 Å². The van der Waals surface area contributed by atoms with E-state index >= 15 is 0 Å². The molecule has 2 rings (SSSR count). The lowest BCUT2D eigenvalue weighted by Crippen LogP contribution is -2.46. The number of phenols is 1. The molecule has 1 aromatic rings. The minimum Gasteiger partial charge on any atom is -0.506 e. The van der Waals surface area contributed by atoms with Crippen LogP contribution in [0.4, 0.5) is 5.69 Å². The van der Waals surface area contributed by atoms with E-state index in [4.69, 9.17) is 0 Å². The smallest absolute Gasteiger partial charge is 0.271 e. The van der Waals surface area contributed by atoms with Gasteiger partial charge in [0.1, 0.15) is 5.75 Å². The van der Waals surface area contributed by atoms with Crippen LogP contribution in [-0.4, -0.2) is 41.1 Å². The molecule has 1 aromatic carbocycles. The largest absolute Gasteiger partial charge is 0.506 e. The molecule has 0 amide bonds. The van der Waals surface area contributed by atoms with Gasteiger partial charge in [-0.2, -0.15) is 0 Å². The Morgan fingerprint density at radius 1 is 1.38 bits per heavy atom. The number of nitro groups is 1. The maximum Gasteiger partial charge on any atom is 0.271 e. The third kappa shape index (κ3) is 5.20. The van der Waals surface area contributed by atoms with Gasteiger partial charge in [-0.1, -0.05) is 20.3 Å². The van der Waals surface area contributed by atoms with E-state index in [-0.39, 0.29) is 48.2 Å². The highest BCUT2D eigenvalue weighted by molar-refractivity contribution is 9.10. The Labute approximate surface area is 163 Å². The van der Waals surface area contributed by atoms with Crippen LogP contribution in [0, 0.1) is 16.0 Å². The Kier molecular flexibility index (Phi) is 10.1. The lowest BCUT2D eigenvalue weighted by molar-refractivity contribution is -0.385. The molecule has 0 spiro atoms. The summed E-state index contributed by atoms with van der Waals surface area (Å²) in [6.07, 6.45) is 0.939. The van der Waals surface area contributed by atoms with Crippen molar-refractivity contribution in [2.75, 3.05) is 26.2 Å². The Hall–Kier alpha value is -0.600. The van der Waals surface area contributed by atoms with Crippen LogP contribution in [0.2, 0.25) is 0 Å². The molecular formula is C15H24BrCl2N3O3. The Morgan fingerprint density at radius 3 is 2.46 bits per heavy atom. The number of nitrogens with zero attached hydrogens (tertiary/aromatic N) is 2. The summed E-state index contributed by atoms with van der Waals surface area (Å²) in [6.45, 7) is 7.75. The van der Waals surface area contributed by atoms with Crippen molar-refractivity contribution in [3.05, 3.63) is 32.3 Å². The van der Waals surface area contributed by atoms with Gasteiger partial charge in [-0.15, -0.1) is 24.8 Å². The van der Waals surface area contributed by atoms with Crippen LogP contribution in [0.25, 0.3) is 0 Å². The molecule has 2 N–H and O–H groups in total. The van der Waals surface area contributed by atoms with Crippen molar-refractivity contribution in [3.63, 3.8) is 0 Å². The van der Waals surface area contributed by atoms with Crippen molar-refractivity contribution in [1.82, 2.24) is 10.2 Å². The second-order valence-corrected chi connectivity index (χ2v) is 6.59. The number of halogens is 3. The summed E-state index contributed by atoms with van der Waals surface area (Å²) in [5.41, 5.74) is 0.639. The molecular weight excluding hydrogens is 421 g/mol. The fourth-order valence-corrected chi connectivity index (χ4v) is 3.45. The quantitative estimate of drug-likeness (QED) is 0.531. The maximum absolute atomic E-state index is 11.1. The van der Waals surface area contributed by atoms with Crippen LogP contribution < -0.4 is 5.32 Å². The first-order chi connectivity index (χ1) is 10.5. The molecule has 0 radical (unpaired) electrons. The fourth-order valence-electron chi connectivity index (χ4n) is 2.98. The third-order valence-corrected chi connectivity index (χ3v) is 4.94. The van der Waals surface area contributed by atoms with E-state index in [1.807, 2.05) is 0 Å². The summed E-state index contributed by atoms with van der Waals surface area (Å²) < 4.78 is 0.375. The Balaban J connectivity index is 0.00000264. The second kappa shape index (κ2) is 10.4. The monoisotopic (exact) mass is 443 g/mol. The standard InChI is InChI=1S/C15H22BrN3O3.2ClH/c1-3-10(2)14(18-6-4-17-5-7-18)12-8-11(19(21)22)9-13(16)15(12)20;;/h8-10,14,17,20H,3-7H2,1-2H3;2*1H/t10?,14-;;/m1../s1. The van der Waals surface area contributed by atoms with Gasteiger partial charge < -0.3 is 10.4 Å². The molecule has 0 aliphatic carbocycles. The van der Waals surface area contributed by atoms with E-state index in [0.29, 0.717) is 10.0 Å². The fraction of sp³-hybridized carbons (Fsp3) is 0.600. The van der Waals surface area contributed by atoms with Gasteiger partial charge >= 0.3 is 0 Å². The molecule has 1 unspecified atom stereocenters. The minimum atomic E-state index is -0.418. The number of nitrogens with one attached hydrogen (secondary N) is 1. The number of benzene rings is 1. The number of hydrogen-bond acceptors (Lipinski definition) is 5. The summed E-state index contributed by atoms with van der Waals surface area (Å²) >= 11 is 3.24. The molecule has 1 fully saturated rings. The number of phenolic OH excluding ortho intramolecular Hbond substituents is 1. The van der Waals surface area contributed by atoms with E-state index in [2.05, 4.69) is 40.0 Å². The molecule has 0 bridgehead atoms. The average molecular weight is 445 g/mol. The zero-order valence-electron chi connectivity index (χ0n) is 13.7. The van der Waals surface area contributed by atoms with Crippen LogP contribution in [0.15, 0.2) is 16.6 Å². The number of aromatic hydroxyl groups is 1. The molecule has 6 nitrogen and oxygen atoms in total. The summed E-state index contributed by atoms with van der Waals surface area (Å²) in [6, 6.07) is 2.84. The summed E-state index contributed by atoms with van der Waals surface area (Å²) in [5, 5.41) is 24.9. The van der Waals surface area contributed by atoms with Gasteiger partial charge in [0, 0.05) is 49.9 Å². The van der Waals surface area contributed by atoms with Crippen molar-refractivity contribution in [3.8, 4) is 5.75 Å². The molecule has 9 heteroatoms. The second-order valence-electron chi connectivity index (χ2n) is 5.74. The number of nitro benzene ring substituents is 1. The van der Waals surface area contributed by atoms with Crippen LogP contribution in [0.1, 0.15) is 31.9 Å². The van der Waals surface area contributed by atoms with Crippen LogP contribution in [0.3, 0.4) is 0 Å². The lowest BCUT2D eigenvalue weighted by atomic mass is 9.89. The molecule has 138 valence electrons. The van der Waals surface area contributed by atoms with Gasteiger partial charge in [-0.3, -0.25) is 15.0 Å². The molecule has 1 saturated heterocycles. The molecule has 24 heavy (non-hydrogen) atoms. The van der Waals surface area contributed by atoms with Crippen molar-refractivity contribution in [1.29, 1.82) is 0 Å². The van der Waals surface area contributed by atoms with E-state index in [9.17, 15) is 15.2 Å². The lowest BCUT2D eigenvalue weighted by Gasteiger charge is -2.38. The maximum atomic E-state index is 11.1. The van der Waals surface area contributed by atoms with Crippen LogP contribution in [-0.2, 0) is 0 Å². The number of rotatable bonds is 5. The molecule has 1 heterocycles. The van der Waals surface area contributed by atoms with E-state index < -0.39 is 4.92 Å². The topological polar surface area (TPSA) is 78.6 Å². The molecule has 1 aliphatic heterocycles. The summed E-state index contributed by atoms with van der Waals surface area (Å²) in [4.78, 5) is 13.0. The van der Waals surface area contributed by atoms with E-state index in [1.54, 1.807) is 0 Å². The normalized spacial score (nSPS) is 17.3. The van der Waals surface area contributed by atoms with Crippen molar-refractivity contribution in [2.24, 2.45) is 5.92 Å². The average Bonchev–Trinajstić information content (AvgIpc) is 2.52. The van der Waals surface area contributed by atoms with Gasteiger partial charge in [0.15, 0.2) is 0 Å². The highest BCUT2D eigenvalue weighted by Gasteiger charge is 2.30. The Bertz CT molecular complexity index is 557. The summed E-state index contributed by atoms with van der Waals surface area (Å²) in [7, 11) is 0. The number of piperazine rings is 1. The predicted molar refractivity (Wildman–Crippen MR) is 104 cm³/mol. The first-order valence-corrected chi connectivity index (χ1v) is 8.36. The highest BCUT2D eigenvalue weighted by Crippen LogP contribution is 2.41. The number of non-ortho nitro benzene ring substituents is 1. The zero-order chi connectivity index (χ0) is 16.3. The molecule has 1 aliphatic rings. The number of hydrogen-bond donors (Lipinski definition) is 2. The first kappa shape index (κ1) is 23.4. The molecule has 0 saturated carbocycles. The van der Waals surface area contributed by atoms with Gasteiger partial charge in [0.2, 0.25) is 0 Å². The zero-order valence-corrected chi connectivity index (χ0v) is 16.9. The van der Waals surface area contributed by atoms with Gasteiger partial charge in [0.05, 0.1) is 9.40 Å². The first-order valence-electron chi connectivity index (χ1n) is 7.57. The van der Waals surface area contributed by atoms with E-state index in [1.165, 1.54) is 12.1 Å². The SMILES string of the molecule is CCC(C)[C@H](c1cc([N+](=O)[O-])cc(Br)c1O)N1CCNCC1.Cl.Cl.